The van der Waals surface area contributed by atoms with Crippen molar-refractivity contribution in [3.8, 4) is 11.3 Å². The molecule has 0 amide bonds. The van der Waals surface area contributed by atoms with E-state index in [4.69, 9.17) is 0 Å². The first-order chi connectivity index (χ1) is 10.2. The highest BCUT2D eigenvalue weighted by molar-refractivity contribution is 5.66. The molecule has 0 spiro atoms. The first-order valence-corrected chi connectivity index (χ1v) is 7.84. The number of aromatic amines is 1. The minimum absolute atomic E-state index is 0.125. The number of anilines is 1. The maximum Gasteiger partial charge on any atom is 0.187 e. The van der Waals surface area contributed by atoms with E-state index in [1.165, 1.54) is 18.4 Å². The fourth-order valence-electron chi connectivity index (χ4n) is 2.73. The molecule has 0 bridgehead atoms. The number of hydrogen-bond donors (Lipinski definition) is 2. The van der Waals surface area contributed by atoms with Crippen molar-refractivity contribution in [2.75, 3.05) is 5.32 Å². The molecule has 0 radical (unpaired) electrons. The molecule has 3 nitrogen and oxygen atoms in total. The standard InChI is InChI=1S/C18H22N2O/c1-3-12-7-5-6-8-15(12)16-11-17(21)14(4-2)18(20-16)19-13-9-10-13/h5-8,11,13H,3-4,9-10H2,1-2H3,(H2,19,20,21). The normalized spacial score (nSPS) is 14.2. The number of rotatable bonds is 5. The molecule has 0 unspecified atom stereocenters. The molecule has 1 fully saturated rings. The van der Waals surface area contributed by atoms with Crippen LogP contribution in [0.25, 0.3) is 11.3 Å². The molecule has 1 saturated carbocycles. The van der Waals surface area contributed by atoms with E-state index in [0.29, 0.717) is 6.04 Å². The van der Waals surface area contributed by atoms with E-state index in [1.807, 2.05) is 19.1 Å². The Hall–Kier alpha value is -2.03. The Balaban J connectivity index is 2.10. The fraction of sp³-hybridized carbons (Fsp3) is 0.389. The third-order valence-corrected chi connectivity index (χ3v) is 4.10. The number of pyridine rings is 1. The van der Waals surface area contributed by atoms with Gasteiger partial charge < -0.3 is 10.3 Å². The number of benzene rings is 1. The Morgan fingerprint density at radius 1 is 1.19 bits per heavy atom. The molecule has 1 aliphatic carbocycles. The van der Waals surface area contributed by atoms with E-state index >= 15 is 0 Å². The van der Waals surface area contributed by atoms with Gasteiger partial charge in [0.05, 0.1) is 5.69 Å². The molecule has 1 aliphatic rings. The van der Waals surface area contributed by atoms with E-state index in [2.05, 4.69) is 29.4 Å². The number of aryl methyl sites for hydroxylation is 1. The van der Waals surface area contributed by atoms with Crippen LogP contribution in [0, 0.1) is 0 Å². The second-order valence-electron chi connectivity index (χ2n) is 5.68. The maximum absolute atomic E-state index is 12.4. The van der Waals surface area contributed by atoms with Gasteiger partial charge in [0, 0.05) is 23.2 Å². The Bertz CT molecular complexity index is 699. The van der Waals surface area contributed by atoms with Gasteiger partial charge in [0.1, 0.15) is 5.82 Å². The highest BCUT2D eigenvalue weighted by Crippen LogP contribution is 2.28. The van der Waals surface area contributed by atoms with Gasteiger partial charge in [-0.3, -0.25) is 4.79 Å². The molecule has 1 heterocycles. The number of nitrogens with one attached hydrogen (secondary N) is 2. The Labute approximate surface area is 125 Å². The molecule has 0 aliphatic heterocycles. The van der Waals surface area contributed by atoms with Gasteiger partial charge in [-0.05, 0) is 31.2 Å². The molecule has 0 atom stereocenters. The lowest BCUT2D eigenvalue weighted by Crippen LogP contribution is -2.16. The average molecular weight is 282 g/mol. The lowest BCUT2D eigenvalue weighted by molar-refractivity contribution is 1.03. The van der Waals surface area contributed by atoms with Crippen molar-refractivity contribution in [1.29, 1.82) is 0 Å². The van der Waals surface area contributed by atoms with E-state index in [9.17, 15) is 4.79 Å². The van der Waals surface area contributed by atoms with Crippen LogP contribution in [0.1, 0.15) is 37.8 Å². The quantitative estimate of drug-likeness (QED) is 0.877. The number of aromatic nitrogens is 1. The van der Waals surface area contributed by atoms with E-state index in [-0.39, 0.29) is 5.43 Å². The van der Waals surface area contributed by atoms with Crippen molar-refractivity contribution in [3.05, 3.63) is 51.7 Å². The van der Waals surface area contributed by atoms with Gasteiger partial charge in [0.15, 0.2) is 5.43 Å². The Kier molecular flexibility index (Phi) is 3.82. The Morgan fingerprint density at radius 2 is 1.95 bits per heavy atom. The zero-order valence-corrected chi connectivity index (χ0v) is 12.7. The van der Waals surface area contributed by atoms with Crippen LogP contribution in [0.2, 0.25) is 0 Å². The van der Waals surface area contributed by atoms with Crippen LogP contribution in [-0.4, -0.2) is 11.0 Å². The highest BCUT2D eigenvalue weighted by atomic mass is 16.1. The monoisotopic (exact) mass is 282 g/mol. The minimum Gasteiger partial charge on any atom is -0.369 e. The molecule has 2 aromatic rings. The summed E-state index contributed by atoms with van der Waals surface area (Å²) in [5, 5.41) is 3.47. The number of H-pyrrole nitrogens is 1. The molecule has 110 valence electrons. The molecule has 21 heavy (non-hydrogen) atoms. The summed E-state index contributed by atoms with van der Waals surface area (Å²) in [6.07, 6.45) is 4.10. The molecular weight excluding hydrogens is 260 g/mol. The minimum atomic E-state index is 0.125. The zero-order chi connectivity index (χ0) is 14.8. The first kappa shape index (κ1) is 13.9. The summed E-state index contributed by atoms with van der Waals surface area (Å²) < 4.78 is 0. The van der Waals surface area contributed by atoms with Crippen LogP contribution in [0.15, 0.2) is 35.1 Å². The zero-order valence-electron chi connectivity index (χ0n) is 12.7. The Morgan fingerprint density at radius 3 is 2.62 bits per heavy atom. The molecule has 3 heteroatoms. The second kappa shape index (κ2) is 5.76. The van der Waals surface area contributed by atoms with Crippen molar-refractivity contribution < 1.29 is 0 Å². The summed E-state index contributed by atoms with van der Waals surface area (Å²) in [6.45, 7) is 4.17. The van der Waals surface area contributed by atoms with Crippen LogP contribution >= 0.6 is 0 Å². The van der Waals surface area contributed by atoms with Gasteiger partial charge in [-0.2, -0.15) is 0 Å². The van der Waals surface area contributed by atoms with Crippen molar-refractivity contribution in [1.82, 2.24) is 4.98 Å². The van der Waals surface area contributed by atoms with Crippen molar-refractivity contribution in [2.45, 2.75) is 45.6 Å². The third-order valence-electron chi connectivity index (χ3n) is 4.10. The van der Waals surface area contributed by atoms with Crippen molar-refractivity contribution in [2.24, 2.45) is 0 Å². The van der Waals surface area contributed by atoms with Crippen LogP contribution in [-0.2, 0) is 12.8 Å². The molecular formula is C18H22N2O. The summed E-state index contributed by atoms with van der Waals surface area (Å²) in [7, 11) is 0. The molecule has 0 saturated heterocycles. The largest absolute Gasteiger partial charge is 0.369 e. The molecule has 2 N–H and O–H groups in total. The third kappa shape index (κ3) is 2.87. The van der Waals surface area contributed by atoms with Gasteiger partial charge in [-0.25, -0.2) is 0 Å². The SMILES string of the molecule is CCc1ccccc1-c1cc(=O)c(CC)c(NC2CC2)[nH]1. The van der Waals surface area contributed by atoms with Crippen LogP contribution < -0.4 is 10.7 Å². The summed E-state index contributed by atoms with van der Waals surface area (Å²) in [4.78, 5) is 15.9. The fourth-order valence-corrected chi connectivity index (χ4v) is 2.73. The van der Waals surface area contributed by atoms with E-state index in [1.54, 1.807) is 6.07 Å². The van der Waals surface area contributed by atoms with Gasteiger partial charge >= 0.3 is 0 Å². The van der Waals surface area contributed by atoms with Gasteiger partial charge in [-0.1, -0.05) is 38.1 Å². The van der Waals surface area contributed by atoms with Crippen LogP contribution in [0.3, 0.4) is 0 Å². The average Bonchev–Trinajstić information content (AvgIpc) is 3.31. The second-order valence-corrected chi connectivity index (χ2v) is 5.68. The van der Waals surface area contributed by atoms with Gasteiger partial charge in [0.2, 0.25) is 0 Å². The molecule has 1 aromatic heterocycles. The summed E-state index contributed by atoms with van der Waals surface area (Å²) in [6, 6.07) is 10.5. The van der Waals surface area contributed by atoms with Crippen LogP contribution in [0.4, 0.5) is 5.82 Å². The summed E-state index contributed by atoms with van der Waals surface area (Å²) in [5.41, 5.74) is 4.28. The van der Waals surface area contributed by atoms with Gasteiger partial charge in [-0.15, -0.1) is 0 Å². The van der Waals surface area contributed by atoms with Crippen LogP contribution in [0.5, 0.6) is 0 Å². The molecule has 3 rings (SSSR count). The molecule has 1 aromatic carbocycles. The predicted molar refractivity (Wildman–Crippen MR) is 87.9 cm³/mol. The number of hydrogen-bond acceptors (Lipinski definition) is 2. The summed E-state index contributed by atoms with van der Waals surface area (Å²) in [5.74, 6) is 0.911. The lowest BCUT2D eigenvalue weighted by atomic mass is 10.0. The topological polar surface area (TPSA) is 44.9 Å². The lowest BCUT2D eigenvalue weighted by Gasteiger charge is -2.14. The first-order valence-electron chi connectivity index (χ1n) is 7.84. The van der Waals surface area contributed by atoms with E-state index in [0.717, 1.165) is 35.5 Å². The summed E-state index contributed by atoms with van der Waals surface area (Å²) >= 11 is 0. The maximum atomic E-state index is 12.4. The van der Waals surface area contributed by atoms with Crippen molar-refractivity contribution >= 4 is 5.82 Å². The predicted octanol–water partition coefficient (Wildman–Crippen LogP) is 3.74. The highest BCUT2D eigenvalue weighted by Gasteiger charge is 2.23. The van der Waals surface area contributed by atoms with Gasteiger partial charge in [0.25, 0.3) is 0 Å². The van der Waals surface area contributed by atoms with Crippen molar-refractivity contribution in [3.63, 3.8) is 0 Å². The smallest absolute Gasteiger partial charge is 0.187 e. The van der Waals surface area contributed by atoms with E-state index < -0.39 is 0 Å².